The molecule has 0 amide bonds. The highest BCUT2D eigenvalue weighted by atomic mass is 16.5. The van der Waals surface area contributed by atoms with E-state index in [0.29, 0.717) is 16.9 Å². The minimum atomic E-state index is 0.00259. The van der Waals surface area contributed by atoms with E-state index in [-0.39, 0.29) is 12.6 Å². The molecule has 4 heteroatoms. The SMILES string of the molecule is COc1cccc(C(=O)C2=CN(C)B(c3c(C)cc(C)cc3C)C=C2)c1. The molecule has 1 heterocycles. The van der Waals surface area contributed by atoms with Crippen molar-refractivity contribution < 1.29 is 9.53 Å². The van der Waals surface area contributed by atoms with E-state index in [0.717, 1.165) is 0 Å². The Morgan fingerprint density at radius 3 is 2.38 bits per heavy atom. The van der Waals surface area contributed by atoms with Crippen LogP contribution in [0.1, 0.15) is 27.0 Å². The van der Waals surface area contributed by atoms with Crippen LogP contribution in [-0.4, -0.2) is 31.6 Å². The zero-order chi connectivity index (χ0) is 18.8. The van der Waals surface area contributed by atoms with Crippen LogP contribution in [0.15, 0.2) is 60.2 Å². The lowest BCUT2D eigenvalue weighted by atomic mass is 9.51. The summed E-state index contributed by atoms with van der Waals surface area (Å²) < 4.78 is 5.22. The second kappa shape index (κ2) is 7.24. The van der Waals surface area contributed by atoms with Crippen molar-refractivity contribution in [3.05, 3.63) is 82.5 Å². The van der Waals surface area contributed by atoms with Gasteiger partial charge in [0.2, 0.25) is 0 Å². The third-order valence-electron chi connectivity index (χ3n) is 4.87. The van der Waals surface area contributed by atoms with E-state index in [4.69, 9.17) is 4.74 Å². The Morgan fingerprint density at radius 1 is 1.08 bits per heavy atom. The number of methoxy groups -OCH3 is 1. The quantitative estimate of drug-likeness (QED) is 0.626. The molecule has 0 spiro atoms. The first kappa shape index (κ1) is 18.1. The van der Waals surface area contributed by atoms with Gasteiger partial charge >= 0.3 is 6.85 Å². The summed E-state index contributed by atoms with van der Waals surface area (Å²) in [5.41, 5.74) is 6.45. The van der Waals surface area contributed by atoms with Gasteiger partial charge in [0.25, 0.3) is 0 Å². The molecule has 0 unspecified atom stereocenters. The van der Waals surface area contributed by atoms with Crippen LogP contribution in [0, 0.1) is 20.8 Å². The maximum atomic E-state index is 12.8. The van der Waals surface area contributed by atoms with E-state index >= 15 is 0 Å². The van der Waals surface area contributed by atoms with E-state index in [9.17, 15) is 4.79 Å². The number of ether oxygens (including phenoxy) is 1. The van der Waals surface area contributed by atoms with Gasteiger partial charge in [-0.1, -0.05) is 53.0 Å². The third kappa shape index (κ3) is 3.45. The molecule has 132 valence electrons. The highest BCUT2D eigenvalue weighted by Crippen LogP contribution is 2.20. The van der Waals surface area contributed by atoms with Gasteiger partial charge < -0.3 is 9.55 Å². The lowest BCUT2D eigenvalue weighted by molar-refractivity contribution is 0.103. The van der Waals surface area contributed by atoms with Crippen molar-refractivity contribution in [1.82, 2.24) is 4.81 Å². The molecular formula is C22H24BNO2. The molecule has 26 heavy (non-hydrogen) atoms. The number of hydrogen-bond donors (Lipinski definition) is 0. The number of benzene rings is 2. The van der Waals surface area contributed by atoms with Crippen LogP contribution < -0.4 is 10.2 Å². The van der Waals surface area contributed by atoms with E-state index in [2.05, 4.69) is 43.7 Å². The number of rotatable bonds is 4. The van der Waals surface area contributed by atoms with Crippen LogP contribution >= 0.6 is 0 Å². The number of nitrogens with zero attached hydrogens (tertiary/aromatic N) is 1. The summed E-state index contributed by atoms with van der Waals surface area (Å²) in [7, 11) is 3.62. The van der Waals surface area contributed by atoms with Gasteiger partial charge in [-0.05, 0) is 51.6 Å². The summed E-state index contributed by atoms with van der Waals surface area (Å²) in [5, 5.41) is 0. The number of carbonyl (C=O) groups excluding carboxylic acids is 1. The first-order valence-corrected chi connectivity index (χ1v) is 8.79. The van der Waals surface area contributed by atoms with E-state index in [1.807, 2.05) is 37.5 Å². The minimum absolute atomic E-state index is 0.00259. The Morgan fingerprint density at radius 2 is 1.77 bits per heavy atom. The monoisotopic (exact) mass is 345 g/mol. The number of carbonyl (C=O) groups is 1. The fourth-order valence-electron chi connectivity index (χ4n) is 3.70. The Balaban J connectivity index is 1.89. The average molecular weight is 345 g/mol. The molecule has 3 rings (SSSR count). The summed E-state index contributed by atoms with van der Waals surface area (Å²) in [6, 6.07) is 11.7. The molecule has 3 nitrogen and oxygen atoms in total. The molecule has 0 saturated carbocycles. The molecule has 1 aliphatic heterocycles. The van der Waals surface area contributed by atoms with Crippen LogP contribution in [0.25, 0.3) is 0 Å². The molecule has 0 atom stereocenters. The number of allylic oxidation sites excluding steroid dienone is 2. The number of hydrogen-bond acceptors (Lipinski definition) is 3. The van der Waals surface area contributed by atoms with Crippen molar-refractivity contribution in [1.29, 1.82) is 0 Å². The fourth-order valence-corrected chi connectivity index (χ4v) is 3.70. The van der Waals surface area contributed by atoms with Crippen LogP contribution in [0.4, 0.5) is 0 Å². The van der Waals surface area contributed by atoms with Crippen molar-refractivity contribution in [2.24, 2.45) is 0 Å². The van der Waals surface area contributed by atoms with Crippen molar-refractivity contribution >= 4 is 18.1 Å². The van der Waals surface area contributed by atoms with Crippen LogP contribution in [0.2, 0.25) is 0 Å². The van der Waals surface area contributed by atoms with Gasteiger partial charge in [0.05, 0.1) is 7.11 Å². The Bertz CT molecular complexity index is 891. The summed E-state index contributed by atoms with van der Waals surface area (Å²) in [6.45, 7) is 6.56. The molecule has 0 radical (unpaired) electrons. The van der Waals surface area contributed by atoms with Crippen LogP contribution in [-0.2, 0) is 0 Å². The highest BCUT2D eigenvalue weighted by Gasteiger charge is 2.26. The van der Waals surface area contributed by atoms with E-state index in [1.165, 1.54) is 22.2 Å². The average Bonchev–Trinajstić information content (AvgIpc) is 2.61. The summed E-state index contributed by atoms with van der Waals surface area (Å²) in [4.78, 5) is 14.9. The van der Waals surface area contributed by atoms with Crippen LogP contribution in [0.3, 0.4) is 0 Å². The normalized spacial score (nSPS) is 13.7. The van der Waals surface area contributed by atoms with E-state index < -0.39 is 0 Å². The molecule has 0 aromatic heterocycles. The van der Waals surface area contributed by atoms with Gasteiger partial charge in [0.1, 0.15) is 5.75 Å². The van der Waals surface area contributed by atoms with Crippen LogP contribution in [0.5, 0.6) is 5.75 Å². The van der Waals surface area contributed by atoms with Crippen molar-refractivity contribution in [3.63, 3.8) is 0 Å². The standard InChI is InChI=1S/C22H24BNO2/c1-15-11-16(2)21(17(3)12-15)23-10-9-19(14-24(23)4)22(25)18-7-6-8-20(13-18)26-5/h6-14H,1-5H3. The highest BCUT2D eigenvalue weighted by molar-refractivity contribution is 6.76. The molecule has 0 fully saturated rings. The number of ketones is 1. The zero-order valence-corrected chi connectivity index (χ0v) is 16.0. The predicted octanol–water partition coefficient (Wildman–Crippen LogP) is 3.63. The molecular weight excluding hydrogens is 321 g/mol. The first-order chi connectivity index (χ1) is 12.4. The molecule has 2 aromatic carbocycles. The summed E-state index contributed by atoms with van der Waals surface area (Å²) >= 11 is 0. The van der Waals surface area contributed by atoms with Crippen molar-refractivity contribution in [3.8, 4) is 5.75 Å². The molecule has 0 N–H and O–H groups in total. The molecule has 0 saturated heterocycles. The molecule has 0 bridgehead atoms. The molecule has 1 aliphatic rings. The van der Waals surface area contributed by atoms with Gasteiger partial charge in [0.15, 0.2) is 5.78 Å². The Kier molecular flexibility index (Phi) is 5.03. The van der Waals surface area contributed by atoms with Gasteiger partial charge in [-0.25, -0.2) is 0 Å². The fraction of sp³-hybridized carbons (Fsp3) is 0.227. The van der Waals surface area contributed by atoms with Gasteiger partial charge in [-0.2, -0.15) is 0 Å². The Labute approximate surface area is 156 Å². The minimum Gasteiger partial charge on any atom is -0.497 e. The molecule has 0 aliphatic carbocycles. The number of aryl methyl sites for hydroxylation is 3. The Hall–Kier alpha value is -2.75. The smallest absolute Gasteiger partial charge is 0.315 e. The maximum absolute atomic E-state index is 12.8. The largest absolute Gasteiger partial charge is 0.497 e. The van der Waals surface area contributed by atoms with Crippen molar-refractivity contribution in [2.45, 2.75) is 20.8 Å². The predicted molar refractivity (Wildman–Crippen MR) is 108 cm³/mol. The lowest BCUT2D eigenvalue weighted by Crippen LogP contribution is -2.46. The molecule has 2 aromatic rings. The second-order valence-corrected chi connectivity index (χ2v) is 6.93. The van der Waals surface area contributed by atoms with Gasteiger partial charge in [-0.3, -0.25) is 4.79 Å². The first-order valence-electron chi connectivity index (χ1n) is 8.79. The topological polar surface area (TPSA) is 29.5 Å². The lowest BCUT2D eigenvalue weighted by Gasteiger charge is -2.28. The number of Topliss-reactive ketones (excluding diaryl/α,β-unsaturated/α-hetero) is 1. The third-order valence-corrected chi connectivity index (χ3v) is 4.87. The summed E-state index contributed by atoms with van der Waals surface area (Å²) in [5.74, 6) is 2.80. The second-order valence-electron chi connectivity index (χ2n) is 6.93. The summed E-state index contributed by atoms with van der Waals surface area (Å²) in [6.07, 6.45) is 3.87. The van der Waals surface area contributed by atoms with Gasteiger partial charge in [0, 0.05) is 11.1 Å². The van der Waals surface area contributed by atoms with Crippen molar-refractivity contribution in [2.75, 3.05) is 14.2 Å². The van der Waals surface area contributed by atoms with Gasteiger partial charge in [-0.15, -0.1) is 0 Å². The maximum Gasteiger partial charge on any atom is 0.315 e. The zero-order valence-electron chi connectivity index (χ0n) is 16.0. The van der Waals surface area contributed by atoms with E-state index in [1.54, 1.807) is 13.2 Å².